The van der Waals surface area contributed by atoms with Crippen molar-refractivity contribution in [2.45, 2.75) is 39.5 Å². The van der Waals surface area contributed by atoms with Gasteiger partial charge in [-0.25, -0.2) is 4.98 Å². The summed E-state index contributed by atoms with van der Waals surface area (Å²) in [4.78, 5) is 18.9. The molecule has 0 bridgehead atoms. The molecule has 0 unspecified atom stereocenters. The van der Waals surface area contributed by atoms with Crippen LogP contribution in [-0.4, -0.2) is 28.9 Å². The summed E-state index contributed by atoms with van der Waals surface area (Å²) in [7, 11) is 0. The summed E-state index contributed by atoms with van der Waals surface area (Å²) in [6.45, 7) is 5.97. The first-order chi connectivity index (χ1) is 11.1. The van der Waals surface area contributed by atoms with E-state index < -0.39 is 0 Å². The first kappa shape index (κ1) is 15.8. The molecule has 4 nitrogen and oxygen atoms in total. The van der Waals surface area contributed by atoms with E-state index in [1.54, 1.807) is 0 Å². The Morgan fingerprint density at radius 2 is 1.96 bits per heavy atom. The van der Waals surface area contributed by atoms with Gasteiger partial charge >= 0.3 is 0 Å². The van der Waals surface area contributed by atoms with Crippen LogP contribution in [0.2, 0.25) is 0 Å². The van der Waals surface area contributed by atoms with Gasteiger partial charge in [-0.05, 0) is 37.8 Å². The lowest BCUT2D eigenvalue weighted by Crippen LogP contribution is -2.38. The number of aryl methyl sites for hydroxylation is 2. The van der Waals surface area contributed by atoms with Crippen LogP contribution in [0.1, 0.15) is 37.6 Å². The number of carbonyl (C=O) groups is 1. The van der Waals surface area contributed by atoms with Crippen molar-refractivity contribution in [1.29, 1.82) is 0 Å². The fourth-order valence-corrected chi connectivity index (χ4v) is 3.01. The molecule has 1 saturated heterocycles. The van der Waals surface area contributed by atoms with Gasteiger partial charge in [-0.1, -0.05) is 25.1 Å². The Bertz CT molecular complexity index is 655. The van der Waals surface area contributed by atoms with Gasteiger partial charge in [-0.2, -0.15) is 0 Å². The molecule has 1 aliphatic heterocycles. The summed E-state index contributed by atoms with van der Waals surface area (Å²) in [5.74, 6) is 2.42. The Labute approximate surface area is 137 Å². The van der Waals surface area contributed by atoms with Gasteiger partial charge in [0.25, 0.3) is 0 Å². The quantitative estimate of drug-likeness (QED) is 0.861. The fraction of sp³-hybridized carbons (Fsp3) is 0.474. The van der Waals surface area contributed by atoms with Crippen LogP contribution in [0.15, 0.2) is 34.7 Å². The van der Waals surface area contributed by atoms with E-state index in [-0.39, 0.29) is 5.91 Å². The molecule has 2 heterocycles. The number of benzene rings is 1. The molecule has 1 amide bonds. The van der Waals surface area contributed by atoms with E-state index in [0.29, 0.717) is 18.7 Å². The van der Waals surface area contributed by atoms with Gasteiger partial charge in [-0.3, -0.25) is 4.79 Å². The minimum absolute atomic E-state index is 0.237. The molecular weight excluding hydrogens is 288 g/mol. The van der Waals surface area contributed by atoms with Crippen molar-refractivity contribution >= 4 is 5.91 Å². The maximum Gasteiger partial charge on any atom is 0.226 e. The molecule has 1 fully saturated rings. The zero-order chi connectivity index (χ0) is 16.2. The third-order valence-corrected chi connectivity index (χ3v) is 4.63. The van der Waals surface area contributed by atoms with Crippen LogP contribution in [0.5, 0.6) is 0 Å². The van der Waals surface area contributed by atoms with Gasteiger partial charge in [0, 0.05) is 31.5 Å². The Balaban J connectivity index is 1.60. The van der Waals surface area contributed by atoms with Crippen LogP contribution in [-0.2, 0) is 11.2 Å². The van der Waals surface area contributed by atoms with Gasteiger partial charge < -0.3 is 9.32 Å². The number of rotatable bonds is 4. The average molecular weight is 312 g/mol. The van der Waals surface area contributed by atoms with Gasteiger partial charge in [0.1, 0.15) is 5.76 Å². The molecular formula is C19H24N2O2. The average Bonchev–Trinajstić information content (AvgIpc) is 2.95. The summed E-state index contributed by atoms with van der Waals surface area (Å²) in [5.41, 5.74) is 1.86. The monoisotopic (exact) mass is 312 g/mol. The van der Waals surface area contributed by atoms with Crippen molar-refractivity contribution < 1.29 is 9.21 Å². The number of piperidine rings is 1. The molecule has 0 N–H and O–H groups in total. The Morgan fingerprint density at radius 3 is 2.65 bits per heavy atom. The Kier molecular flexibility index (Phi) is 4.79. The summed E-state index contributed by atoms with van der Waals surface area (Å²) in [6.07, 6.45) is 3.39. The fourth-order valence-electron chi connectivity index (χ4n) is 3.01. The van der Waals surface area contributed by atoms with Gasteiger partial charge in [0.05, 0.1) is 5.69 Å². The molecule has 0 radical (unpaired) electrons. The third kappa shape index (κ3) is 3.81. The predicted octanol–water partition coefficient (Wildman–Crippen LogP) is 3.84. The summed E-state index contributed by atoms with van der Waals surface area (Å²) in [6, 6.07) is 9.87. The van der Waals surface area contributed by atoms with E-state index in [0.717, 1.165) is 48.9 Å². The van der Waals surface area contributed by atoms with Crippen LogP contribution in [0.25, 0.3) is 11.5 Å². The van der Waals surface area contributed by atoms with Crippen LogP contribution < -0.4 is 0 Å². The van der Waals surface area contributed by atoms with E-state index in [9.17, 15) is 4.79 Å². The number of nitrogens with zero attached hydrogens (tertiary/aromatic N) is 2. The van der Waals surface area contributed by atoms with E-state index in [2.05, 4.69) is 11.9 Å². The second-order valence-corrected chi connectivity index (χ2v) is 6.45. The number of aromatic nitrogens is 1. The standard InChI is InChI=1S/C19H24N2O2/c1-14-10-12-21(13-11-14)18(22)9-8-17-15(2)23-19(20-17)16-6-4-3-5-7-16/h3-7,14H,8-13H2,1-2H3. The van der Waals surface area contributed by atoms with Crippen molar-refractivity contribution in [3.8, 4) is 11.5 Å². The SMILES string of the molecule is Cc1oc(-c2ccccc2)nc1CCC(=O)N1CCC(C)CC1. The number of hydrogen-bond donors (Lipinski definition) is 0. The summed E-state index contributed by atoms with van der Waals surface area (Å²) in [5, 5.41) is 0. The lowest BCUT2D eigenvalue weighted by molar-refractivity contribution is -0.132. The third-order valence-electron chi connectivity index (χ3n) is 4.63. The number of likely N-dealkylation sites (tertiary alicyclic amines) is 1. The zero-order valence-electron chi connectivity index (χ0n) is 13.9. The minimum atomic E-state index is 0.237. The second-order valence-electron chi connectivity index (χ2n) is 6.45. The lowest BCUT2D eigenvalue weighted by Gasteiger charge is -2.30. The van der Waals surface area contributed by atoms with Gasteiger partial charge in [0.15, 0.2) is 0 Å². The molecule has 1 aromatic heterocycles. The van der Waals surface area contributed by atoms with Crippen LogP contribution in [0.3, 0.4) is 0 Å². The molecule has 122 valence electrons. The minimum Gasteiger partial charge on any atom is -0.441 e. The van der Waals surface area contributed by atoms with E-state index >= 15 is 0 Å². The molecule has 1 aliphatic rings. The van der Waals surface area contributed by atoms with Gasteiger partial charge in [0.2, 0.25) is 11.8 Å². The normalized spacial score (nSPS) is 15.8. The zero-order valence-corrected chi connectivity index (χ0v) is 13.9. The highest BCUT2D eigenvalue weighted by Crippen LogP contribution is 2.23. The van der Waals surface area contributed by atoms with Gasteiger partial charge in [-0.15, -0.1) is 0 Å². The van der Waals surface area contributed by atoms with E-state index in [4.69, 9.17) is 4.42 Å². The first-order valence-electron chi connectivity index (χ1n) is 8.43. The smallest absolute Gasteiger partial charge is 0.226 e. The molecule has 0 spiro atoms. The molecule has 4 heteroatoms. The van der Waals surface area contributed by atoms with Crippen LogP contribution in [0, 0.1) is 12.8 Å². The largest absolute Gasteiger partial charge is 0.441 e. The summed E-state index contributed by atoms with van der Waals surface area (Å²) < 4.78 is 5.76. The first-order valence-corrected chi connectivity index (χ1v) is 8.43. The predicted molar refractivity (Wildman–Crippen MR) is 90.0 cm³/mol. The van der Waals surface area contributed by atoms with Crippen molar-refractivity contribution in [3.05, 3.63) is 41.8 Å². The summed E-state index contributed by atoms with van der Waals surface area (Å²) >= 11 is 0. The molecule has 0 aliphatic carbocycles. The maximum atomic E-state index is 12.3. The molecule has 23 heavy (non-hydrogen) atoms. The number of hydrogen-bond acceptors (Lipinski definition) is 3. The Morgan fingerprint density at radius 1 is 1.26 bits per heavy atom. The molecule has 0 saturated carbocycles. The topological polar surface area (TPSA) is 46.3 Å². The molecule has 1 aromatic carbocycles. The Hall–Kier alpha value is -2.10. The van der Waals surface area contributed by atoms with Crippen molar-refractivity contribution in [1.82, 2.24) is 9.88 Å². The van der Waals surface area contributed by atoms with E-state index in [1.165, 1.54) is 0 Å². The number of carbonyl (C=O) groups excluding carboxylic acids is 1. The maximum absolute atomic E-state index is 12.3. The highest BCUT2D eigenvalue weighted by atomic mass is 16.4. The van der Waals surface area contributed by atoms with Crippen LogP contribution >= 0.6 is 0 Å². The van der Waals surface area contributed by atoms with E-state index in [1.807, 2.05) is 42.2 Å². The van der Waals surface area contributed by atoms with Crippen molar-refractivity contribution in [3.63, 3.8) is 0 Å². The van der Waals surface area contributed by atoms with Crippen LogP contribution in [0.4, 0.5) is 0 Å². The van der Waals surface area contributed by atoms with Crippen molar-refractivity contribution in [2.75, 3.05) is 13.1 Å². The number of oxazole rings is 1. The van der Waals surface area contributed by atoms with Crippen molar-refractivity contribution in [2.24, 2.45) is 5.92 Å². The highest BCUT2D eigenvalue weighted by molar-refractivity contribution is 5.76. The lowest BCUT2D eigenvalue weighted by atomic mass is 9.99. The molecule has 3 rings (SSSR count). The second kappa shape index (κ2) is 6.99. The number of amides is 1. The molecule has 0 atom stereocenters. The molecule has 2 aromatic rings. The highest BCUT2D eigenvalue weighted by Gasteiger charge is 2.21.